The molecule has 0 saturated carbocycles. The molecule has 0 fully saturated rings. The van der Waals surface area contributed by atoms with Crippen molar-refractivity contribution < 1.29 is 9.50 Å². The van der Waals surface area contributed by atoms with Gasteiger partial charge in [0.05, 0.1) is 6.07 Å². The van der Waals surface area contributed by atoms with E-state index in [4.69, 9.17) is 5.11 Å². The highest BCUT2D eigenvalue weighted by Crippen LogP contribution is 2.13. The van der Waals surface area contributed by atoms with E-state index in [1.807, 2.05) is 0 Å². The number of nitrogens with zero attached hydrogens (tertiary/aromatic N) is 1. The Balaban J connectivity index is 2.26. The lowest BCUT2D eigenvalue weighted by molar-refractivity contribution is 0.452. The minimum atomic E-state index is -0.475. The lowest BCUT2D eigenvalue weighted by Crippen LogP contribution is -2.08. The number of halogens is 1. The summed E-state index contributed by atoms with van der Waals surface area (Å²) in [6, 6.07) is 6.46. The summed E-state index contributed by atoms with van der Waals surface area (Å²) >= 11 is 0. The average molecular weight is 221 g/mol. The van der Waals surface area contributed by atoms with Crippen LogP contribution >= 0.6 is 0 Å². The zero-order valence-corrected chi connectivity index (χ0v) is 8.07. The summed E-state index contributed by atoms with van der Waals surface area (Å²) in [4.78, 5) is 17.0. The largest absolute Gasteiger partial charge is 0.493 e. The van der Waals surface area contributed by atoms with Crippen molar-refractivity contribution in [3.8, 4) is 5.88 Å². The maximum atomic E-state index is 12.6. The van der Waals surface area contributed by atoms with Gasteiger partial charge < -0.3 is 10.4 Å². The Kier molecular flexibility index (Phi) is 2.55. The molecular formula is C10H8FN3O2. The third-order valence-electron chi connectivity index (χ3n) is 1.84. The highest BCUT2D eigenvalue weighted by molar-refractivity contribution is 5.52. The molecule has 3 N–H and O–H groups in total. The fourth-order valence-corrected chi connectivity index (χ4v) is 1.17. The number of aromatic nitrogens is 2. The molecule has 82 valence electrons. The molecule has 0 aliphatic carbocycles. The molecule has 1 heterocycles. The van der Waals surface area contributed by atoms with Crippen molar-refractivity contribution in [2.24, 2.45) is 0 Å². The zero-order valence-electron chi connectivity index (χ0n) is 8.07. The monoisotopic (exact) mass is 221 g/mol. The number of rotatable bonds is 2. The molecule has 0 aliphatic heterocycles. The van der Waals surface area contributed by atoms with Gasteiger partial charge in [-0.3, -0.25) is 9.78 Å². The minimum Gasteiger partial charge on any atom is -0.493 e. The number of anilines is 2. The van der Waals surface area contributed by atoms with Gasteiger partial charge in [0.2, 0.25) is 11.8 Å². The van der Waals surface area contributed by atoms with Gasteiger partial charge in [0.15, 0.2) is 0 Å². The van der Waals surface area contributed by atoms with Crippen LogP contribution < -0.4 is 10.9 Å². The second kappa shape index (κ2) is 4.01. The van der Waals surface area contributed by atoms with Gasteiger partial charge >= 0.3 is 0 Å². The molecule has 1 aromatic carbocycles. The van der Waals surface area contributed by atoms with Crippen molar-refractivity contribution in [2.45, 2.75) is 0 Å². The fourth-order valence-electron chi connectivity index (χ4n) is 1.17. The second-order valence-corrected chi connectivity index (χ2v) is 3.08. The molecule has 2 aromatic rings. The molecule has 6 heteroatoms. The smallest absolute Gasteiger partial charge is 0.256 e. The SMILES string of the molecule is O=c1cc(O)nc(Nc2ccc(F)cc2)[nH]1. The first-order valence-corrected chi connectivity index (χ1v) is 4.46. The molecule has 16 heavy (non-hydrogen) atoms. The number of benzene rings is 1. The molecular weight excluding hydrogens is 213 g/mol. The average Bonchev–Trinajstić information content (AvgIpc) is 2.20. The van der Waals surface area contributed by atoms with Crippen LogP contribution in [0, 0.1) is 5.82 Å². The molecule has 0 unspecified atom stereocenters. The summed E-state index contributed by atoms with van der Waals surface area (Å²) in [6.07, 6.45) is 0. The van der Waals surface area contributed by atoms with Crippen LogP contribution in [-0.4, -0.2) is 15.1 Å². The zero-order chi connectivity index (χ0) is 11.5. The van der Waals surface area contributed by atoms with Gasteiger partial charge in [-0.25, -0.2) is 4.39 Å². The number of aromatic amines is 1. The molecule has 2 rings (SSSR count). The van der Waals surface area contributed by atoms with Crippen LogP contribution in [0.5, 0.6) is 5.88 Å². The van der Waals surface area contributed by atoms with E-state index < -0.39 is 5.56 Å². The van der Waals surface area contributed by atoms with E-state index in [0.29, 0.717) is 5.69 Å². The van der Waals surface area contributed by atoms with Gasteiger partial charge in [-0.15, -0.1) is 0 Å². The topological polar surface area (TPSA) is 78.0 Å². The number of aromatic hydroxyl groups is 1. The predicted octanol–water partition coefficient (Wildman–Crippen LogP) is 1.36. The summed E-state index contributed by atoms with van der Waals surface area (Å²) < 4.78 is 12.6. The standard InChI is InChI=1S/C10H8FN3O2/c11-6-1-3-7(4-2-6)12-10-13-8(15)5-9(16)14-10/h1-5H,(H3,12,13,14,15,16). The molecule has 0 saturated heterocycles. The maximum absolute atomic E-state index is 12.6. The highest BCUT2D eigenvalue weighted by Gasteiger charge is 2.00. The van der Waals surface area contributed by atoms with E-state index >= 15 is 0 Å². The molecule has 0 bridgehead atoms. The summed E-state index contributed by atoms with van der Waals surface area (Å²) in [5, 5.41) is 11.8. The Hall–Kier alpha value is -2.37. The van der Waals surface area contributed by atoms with Gasteiger partial charge in [-0.1, -0.05) is 0 Å². The Morgan fingerprint density at radius 3 is 2.62 bits per heavy atom. The number of H-pyrrole nitrogens is 1. The molecule has 0 aliphatic rings. The van der Waals surface area contributed by atoms with Crippen LogP contribution in [0.4, 0.5) is 16.0 Å². The summed E-state index contributed by atoms with van der Waals surface area (Å²) in [5.41, 5.74) is 0.0762. The summed E-state index contributed by atoms with van der Waals surface area (Å²) in [5.74, 6) is -0.645. The fraction of sp³-hybridized carbons (Fsp3) is 0. The molecule has 0 atom stereocenters. The van der Waals surface area contributed by atoms with Crippen LogP contribution in [0.15, 0.2) is 35.1 Å². The maximum Gasteiger partial charge on any atom is 0.256 e. The van der Waals surface area contributed by atoms with E-state index in [1.165, 1.54) is 24.3 Å². The van der Waals surface area contributed by atoms with Crippen molar-refractivity contribution in [3.63, 3.8) is 0 Å². The quantitative estimate of drug-likeness (QED) is 0.715. The van der Waals surface area contributed by atoms with Crippen molar-refractivity contribution in [1.29, 1.82) is 0 Å². The Labute approximate surface area is 89.6 Å². The molecule has 0 amide bonds. The van der Waals surface area contributed by atoms with Crippen molar-refractivity contribution in [3.05, 3.63) is 46.5 Å². The van der Waals surface area contributed by atoms with Gasteiger partial charge in [-0.05, 0) is 24.3 Å². The minimum absolute atomic E-state index is 0.0941. The van der Waals surface area contributed by atoms with E-state index in [1.54, 1.807) is 0 Å². The lowest BCUT2D eigenvalue weighted by Gasteiger charge is -2.04. The Morgan fingerprint density at radius 1 is 1.31 bits per heavy atom. The summed E-state index contributed by atoms with van der Waals surface area (Å²) in [6.45, 7) is 0. The number of hydrogen-bond donors (Lipinski definition) is 3. The second-order valence-electron chi connectivity index (χ2n) is 3.08. The van der Waals surface area contributed by atoms with E-state index in [-0.39, 0.29) is 17.6 Å². The Morgan fingerprint density at radius 2 is 2.00 bits per heavy atom. The van der Waals surface area contributed by atoms with Crippen LogP contribution in [-0.2, 0) is 0 Å². The van der Waals surface area contributed by atoms with Crippen LogP contribution in [0.2, 0.25) is 0 Å². The van der Waals surface area contributed by atoms with Gasteiger partial charge in [0.1, 0.15) is 5.82 Å². The third kappa shape index (κ3) is 2.35. The van der Waals surface area contributed by atoms with Gasteiger partial charge in [0.25, 0.3) is 5.56 Å². The van der Waals surface area contributed by atoms with Crippen molar-refractivity contribution >= 4 is 11.6 Å². The number of hydrogen-bond acceptors (Lipinski definition) is 4. The summed E-state index contributed by atoms with van der Waals surface area (Å²) in [7, 11) is 0. The van der Waals surface area contributed by atoms with Crippen LogP contribution in [0.3, 0.4) is 0 Å². The lowest BCUT2D eigenvalue weighted by atomic mass is 10.3. The van der Waals surface area contributed by atoms with E-state index in [2.05, 4.69) is 15.3 Å². The van der Waals surface area contributed by atoms with Crippen LogP contribution in [0.25, 0.3) is 0 Å². The van der Waals surface area contributed by atoms with Crippen molar-refractivity contribution in [2.75, 3.05) is 5.32 Å². The Bertz CT molecular complexity index is 551. The van der Waals surface area contributed by atoms with E-state index in [9.17, 15) is 9.18 Å². The normalized spacial score (nSPS) is 10.1. The number of nitrogens with one attached hydrogen (secondary N) is 2. The molecule has 0 spiro atoms. The molecule has 5 nitrogen and oxygen atoms in total. The predicted molar refractivity (Wildman–Crippen MR) is 56.2 cm³/mol. The third-order valence-corrected chi connectivity index (χ3v) is 1.84. The van der Waals surface area contributed by atoms with Crippen LogP contribution in [0.1, 0.15) is 0 Å². The molecule has 1 aromatic heterocycles. The van der Waals surface area contributed by atoms with Gasteiger partial charge in [-0.2, -0.15) is 4.98 Å². The first-order valence-electron chi connectivity index (χ1n) is 4.46. The van der Waals surface area contributed by atoms with E-state index in [0.717, 1.165) is 6.07 Å². The highest BCUT2D eigenvalue weighted by atomic mass is 19.1. The van der Waals surface area contributed by atoms with Crippen molar-refractivity contribution in [1.82, 2.24) is 9.97 Å². The molecule has 0 radical (unpaired) electrons. The van der Waals surface area contributed by atoms with Gasteiger partial charge in [0, 0.05) is 5.69 Å². The first-order chi connectivity index (χ1) is 7.63. The first kappa shape index (κ1) is 10.2.